The Morgan fingerprint density at radius 1 is 1.31 bits per heavy atom. The van der Waals surface area contributed by atoms with Gasteiger partial charge in [-0.25, -0.2) is 0 Å². The average molecular weight is 351 g/mol. The lowest BCUT2D eigenvalue weighted by Gasteiger charge is -2.34. The monoisotopic (exact) mass is 351 g/mol. The largest absolute Gasteiger partial charge is 0.364 e. The van der Waals surface area contributed by atoms with Crippen LogP contribution in [0.2, 0.25) is 0 Å². The number of anilines is 1. The van der Waals surface area contributed by atoms with Crippen LogP contribution in [0, 0.1) is 12.8 Å². The van der Waals surface area contributed by atoms with E-state index in [4.69, 9.17) is 4.74 Å². The number of amides is 1. The summed E-state index contributed by atoms with van der Waals surface area (Å²) in [4.78, 5) is 19.0. The fourth-order valence-corrected chi connectivity index (χ4v) is 3.99. The van der Waals surface area contributed by atoms with Gasteiger partial charge in [0.1, 0.15) is 6.10 Å². The van der Waals surface area contributed by atoms with Gasteiger partial charge in [-0.05, 0) is 55.5 Å². The molecule has 0 spiro atoms. The third-order valence-electron chi connectivity index (χ3n) is 5.51. The van der Waals surface area contributed by atoms with Crippen LogP contribution in [0.3, 0.4) is 0 Å². The minimum Gasteiger partial charge on any atom is -0.364 e. The molecule has 0 radical (unpaired) electrons. The lowest BCUT2D eigenvalue weighted by molar-refractivity contribution is -0.127. The summed E-state index contributed by atoms with van der Waals surface area (Å²) >= 11 is 0. The number of rotatable bonds is 4. The molecule has 0 unspecified atom stereocenters. The van der Waals surface area contributed by atoms with Gasteiger partial charge in [-0.1, -0.05) is 24.3 Å². The van der Waals surface area contributed by atoms with Crippen LogP contribution in [0.15, 0.2) is 48.8 Å². The lowest BCUT2D eigenvalue weighted by atomic mass is 9.91. The summed E-state index contributed by atoms with van der Waals surface area (Å²) < 4.78 is 6.12. The number of likely N-dealkylation sites (tertiary alicyclic amines) is 1. The molecule has 2 aliphatic rings. The van der Waals surface area contributed by atoms with Crippen molar-refractivity contribution in [3.05, 3.63) is 59.9 Å². The molecule has 1 N–H and O–H groups in total. The lowest BCUT2D eigenvalue weighted by Crippen LogP contribution is -2.42. The summed E-state index contributed by atoms with van der Waals surface area (Å²) in [6.45, 7) is 5.07. The van der Waals surface area contributed by atoms with Gasteiger partial charge < -0.3 is 10.1 Å². The highest BCUT2D eigenvalue weighted by molar-refractivity contribution is 5.94. The number of hydrogen-bond donors (Lipinski definition) is 1. The summed E-state index contributed by atoms with van der Waals surface area (Å²) in [6.07, 6.45) is 5.05. The maximum absolute atomic E-state index is 12.5. The Kier molecular flexibility index (Phi) is 5.00. The third kappa shape index (κ3) is 3.79. The van der Waals surface area contributed by atoms with Crippen LogP contribution in [0.4, 0.5) is 5.69 Å². The molecule has 26 heavy (non-hydrogen) atoms. The number of ether oxygens (including phenoxy) is 1. The van der Waals surface area contributed by atoms with E-state index >= 15 is 0 Å². The number of nitrogens with zero attached hydrogens (tertiary/aromatic N) is 2. The fourth-order valence-electron chi connectivity index (χ4n) is 3.99. The Morgan fingerprint density at radius 2 is 2.19 bits per heavy atom. The Labute approximate surface area is 154 Å². The van der Waals surface area contributed by atoms with Gasteiger partial charge in [-0.15, -0.1) is 0 Å². The first kappa shape index (κ1) is 17.2. The zero-order valence-corrected chi connectivity index (χ0v) is 15.1. The van der Waals surface area contributed by atoms with Gasteiger partial charge in [0.15, 0.2) is 0 Å². The van der Waals surface area contributed by atoms with Crippen LogP contribution >= 0.6 is 0 Å². The first-order valence-corrected chi connectivity index (χ1v) is 9.32. The minimum absolute atomic E-state index is 0.0575. The van der Waals surface area contributed by atoms with Crippen LogP contribution in [0.25, 0.3) is 0 Å². The van der Waals surface area contributed by atoms with E-state index in [1.54, 1.807) is 12.4 Å². The van der Waals surface area contributed by atoms with E-state index in [9.17, 15) is 4.79 Å². The number of hydrogen-bond acceptors (Lipinski definition) is 4. The smallest absolute Gasteiger partial charge is 0.253 e. The van der Waals surface area contributed by atoms with Crippen molar-refractivity contribution in [3.63, 3.8) is 0 Å². The molecule has 136 valence electrons. The van der Waals surface area contributed by atoms with Crippen molar-refractivity contribution in [3.8, 4) is 0 Å². The van der Waals surface area contributed by atoms with E-state index in [0.717, 1.165) is 38.2 Å². The topological polar surface area (TPSA) is 54.5 Å². The number of piperidine rings is 1. The summed E-state index contributed by atoms with van der Waals surface area (Å²) in [5, 5.41) is 2.91. The number of benzene rings is 1. The molecule has 1 aromatic carbocycles. The third-order valence-corrected chi connectivity index (χ3v) is 5.51. The molecule has 0 aliphatic carbocycles. The zero-order chi connectivity index (χ0) is 17.9. The molecule has 0 saturated carbocycles. The van der Waals surface area contributed by atoms with Crippen LogP contribution in [0.5, 0.6) is 0 Å². The molecular weight excluding hydrogens is 326 g/mol. The predicted molar refractivity (Wildman–Crippen MR) is 101 cm³/mol. The van der Waals surface area contributed by atoms with Crippen molar-refractivity contribution in [2.75, 3.05) is 18.4 Å². The van der Waals surface area contributed by atoms with Gasteiger partial charge in [-0.2, -0.15) is 0 Å². The highest BCUT2D eigenvalue weighted by Gasteiger charge is 2.41. The standard InChI is InChI=1S/C21H25N3O2/c1-15-5-2-3-6-17(15)13-24-10-8-16-11-19(26-20(16)14-24)21(25)23-18-7-4-9-22-12-18/h2-7,9,12,16,19-20H,8,10-11,13-14H2,1H3,(H,23,25)/t16-,19-,20-/m0/s1. The summed E-state index contributed by atoms with van der Waals surface area (Å²) in [5.41, 5.74) is 3.42. The highest BCUT2D eigenvalue weighted by atomic mass is 16.5. The molecule has 2 aliphatic heterocycles. The molecule has 5 heteroatoms. The molecule has 3 atom stereocenters. The molecule has 0 bridgehead atoms. The Morgan fingerprint density at radius 3 is 3.00 bits per heavy atom. The first-order chi connectivity index (χ1) is 12.7. The van der Waals surface area contributed by atoms with Crippen molar-refractivity contribution >= 4 is 11.6 Å². The van der Waals surface area contributed by atoms with Crippen LogP contribution in [-0.4, -0.2) is 41.1 Å². The van der Waals surface area contributed by atoms with Crippen molar-refractivity contribution < 1.29 is 9.53 Å². The Bertz CT molecular complexity index is 765. The summed E-state index contributed by atoms with van der Waals surface area (Å²) in [5.74, 6) is 0.422. The number of carbonyl (C=O) groups is 1. The van der Waals surface area contributed by atoms with Crippen molar-refractivity contribution in [1.29, 1.82) is 0 Å². The van der Waals surface area contributed by atoms with Gasteiger partial charge in [0, 0.05) is 19.3 Å². The molecule has 5 nitrogen and oxygen atoms in total. The highest BCUT2D eigenvalue weighted by Crippen LogP contribution is 2.34. The van der Waals surface area contributed by atoms with Crippen molar-refractivity contribution in [2.24, 2.45) is 5.92 Å². The van der Waals surface area contributed by atoms with Crippen LogP contribution < -0.4 is 5.32 Å². The molecule has 3 heterocycles. The van der Waals surface area contributed by atoms with Crippen molar-refractivity contribution in [1.82, 2.24) is 9.88 Å². The van der Waals surface area contributed by atoms with Gasteiger partial charge in [0.2, 0.25) is 0 Å². The maximum Gasteiger partial charge on any atom is 0.253 e. The molecule has 1 amide bonds. The predicted octanol–water partition coefficient (Wildman–Crippen LogP) is 3.01. The van der Waals surface area contributed by atoms with Gasteiger partial charge >= 0.3 is 0 Å². The molecule has 2 fully saturated rings. The number of pyridine rings is 1. The second kappa shape index (κ2) is 7.56. The first-order valence-electron chi connectivity index (χ1n) is 9.32. The van der Waals surface area contributed by atoms with E-state index in [1.807, 2.05) is 12.1 Å². The number of fused-ring (bicyclic) bond motifs is 1. The van der Waals surface area contributed by atoms with E-state index < -0.39 is 0 Å². The summed E-state index contributed by atoms with van der Waals surface area (Å²) in [7, 11) is 0. The van der Waals surface area contributed by atoms with E-state index in [1.165, 1.54) is 11.1 Å². The van der Waals surface area contributed by atoms with Gasteiger partial charge in [-0.3, -0.25) is 14.7 Å². The Hall–Kier alpha value is -2.24. The zero-order valence-electron chi connectivity index (χ0n) is 15.1. The van der Waals surface area contributed by atoms with Crippen LogP contribution in [-0.2, 0) is 16.1 Å². The molecule has 1 aromatic heterocycles. The fraction of sp³-hybridized carbons (Fsp3) is 0.429. The van der Waals surface area contributed by atoms with E-state index in [2.05, 4.69) is 46.4 Å². The molecule has 2 aromatic rings. The molecule has 4 rings (SSSR count). The summed E-state index contributed by atoms with van der Waals surface area (Å²) in [6, 6.07) is 12.2. The SMILES string of the molecule is Cc1ccccc1CN1CC[C@H]2C[C@@H](C(=O)Nc3cccnc3)O[C@H]2C1. The Balaban J connectivity index is 1.34. The normalized spacial score (nSPS) is 25.7. The number of aromatic nitrogens is 1. The number of nitrogens with one attached hydrogen (secondary N) is 1. The maximum atomic E-state index is 12.5. The van der Waals surface area contributed by atoms with E-state index in [-0.39, 0.29) is 18.1 Å². The van der Waals surface area contributed by atoms with E-state index in [0.29, 0.717) is 5.92 Å². The van der Waals surface area contributed by atoms with Gasteiger partial charge in [0.25, 0.3) is 5.91 Å². The second-order valence-corrected chi connectivity index (χ2v) is 7.34. The number of aryl methyl sites for hydroxylation is 1. The number of carbonyl (C=O) groups excluding carboxylic acids is 1. The minimum atomic E-state index is -0.358. The average Bonchev–Trinajstić information content (AvgIpc) is 3.08. The second-order valence-electron chi connectivity index (χ2n) is 7.34. The van der Waals surface area contributed by atoms with Gasteiger partial charge in [0.05, 0.1) is 18.0 Å². The quantitative estimate of drug-likeness (QED) is 0.920. The van der Waals surface area contributed by atoms with Crippen molar-refractivity contribution in [2.45, 2.75) is 38.5 Å². The molecular formula is C21H25N3O2. The van der Waals surface area contributed by atoms with Crippen LogP contribution in [0.1, 0.15) is 24.0 Å². The molecule has 2 saturated heterocycles.